The van der Waals surface area contributed by atoms with Crippen molar-refractivity contribution in [2.75, 3.05) is 36.0 Å². The number of nitrogens with zero attached hydrogens (tertiary/aromatic N) is 7. The molecule has 0 amide bonds. The molecule has 7 nitrogen and oxygen atoms in total. The smallest absolute Gasteiger partial charge is 0.153 e. The maximum Gasteiger partial charge on any atom is 0.153 e. The third-order valence-corrected chi connectivity index (χ3v) is 5.16. The molecule has 5 rings (SSSR count). The van der Waals surface area contributed by atoms with Gasteiger partial charge in [-0.25, -0.2) is 19.5 Å². The zero-order valence-electron chi connectivity index (χ0n) is 13.6. The van der Waals surface area contributed by atoms with Gasteiger partial charge < -0.3 is 9.80 Å². The number of rotatable bonds is 2. The van der Waals surface area contributed by atoms with Crippen molar-refractivity contribution < 1.29 is 0 Å². The van der Waals surface area contributed by atoms with Gasteiger partial charge in [0.15, 0.2) is 5.65 Å². The van der Waals surface area contributed by atoms with E-state index in [0.29, 0.717) is 11.8 Å². The van der Waals surface area contributed by atoms with Crippen LogP contribution in [0, 0.1) is 18.8 Å². The van der Waals surface area contributed by atoms with Gasteiger partial charge in [-0.2, -0.15) is 0 Å². The van der Waals surface area contributed by atoms with Crippen LogP contribution >= 0.6 is 0 Å². The highest BCUT2D eigenvalue weighted by Gasteiger charge is 2.41. The minimum Gasteiger partial charge on any atom is -0.356 e. The van der Waals surface area contributed by atoms with E-state index in [0.717, 1.165) is 49.2 Å². The SMILES string of the molecule is Cc1cc(N2CC3CN(c4ccc5nccn5n4)CC3C2)ncn1. The maximum absolute atomic E-state index is 4.68. The molecule has 2 aliphatic rings. The van der Waals surface area contributed by atoms with E-state index < -0.39 is 0 Å². The summed E-state index contributed by atoms with van der Waals surface area (Å²) in [5, 5.41) is 4.68. The Balaban J connectivity index is 1.32. The normalized spacial score (nSPS) is 23.2. The van der Waals surface area contributed by atoms with Gasteiger partial charge in [0.2, 0.25) is 0 Å². The molecular weight excluding hydrogens is 302 g/mol. The van der Waals surface area contributed by atoms with Gasteiger partial charge in [0, 0.05) is 62.2 Å². The summed E-state index contributed by atoms with van der Waals surface area (Å²) >= 11 is 0. The fourth-order valence-corrected chi connectivity index (χ4v) is 3.95. The van der Waals surface area contributed by atoms with Crippen LogP contribution in [0.1, 0.15) is 5.69 Å². The van der Waals surface area contributed by atoms with Crippen molar-refractivity contribution in [3.05, 3.63) is 42.6 Å². The van der Waals surface area contributed by atoms with E-state index in [4.69, 9.17) is 0 Å². The first kappa shape index (κ1) is 13.7. The van der Waals surface area contributed by atoms with Crippen molar-refractivity contribution in [2.24, 2.45) is 11.8 Å². The Morgan fingerprint density at radius 2 is 1.67 bits per heavy atom. The number of fused-ring (bicyclic) bond motifs is 2. The van der Waals surface area contributed by atoms with Crippen LogP contribution in [0.15, 0.2) is 36.9 Å². The Morgan fingerprint density at radius 1 is 0.917 bits per heavy atom. The summed E-state index contributed by atoms with van der Waals surface area (Å²) in [4.78, 5) is 17.7. The van der Waals surface area contributed by atoms with E-state index in [9.17, 15) is 0 Å². The largest absolute Gasteiger partial charge is 0.356 e. The molecule has 0 spiro atoms. The van der Waals surface area contributed by atoms with Gasteiger partial charge in [-0.05, 0) is 19.1 Å². The lowest BCUT2D eigenvalue weighted by Crippen LogP contribution is -2.29. The van der Waals surface area contributed by atoms with Crippen LogP contribution in [0.3, 0.4) is 0 Å². The van der Waals surface area contributed by atoms with E-state index in [1.54, 1.807) is 12.5 Å². The summed E-state index contributed by atoms with van der Waals surface area (Å²) in [5.74, 6) is 3.43. The zero-order chi connectivity index (χ0) is 16.1. The fraction of sp³-hybridized carbons (Fsp3) is 0.412. The van der Waals surface area contributed by atoms with Crippen LogP contribution in [-0.2, 0) is 0 Å². The average molecular weight is 321 g/mol. The summed E-state index contributed by atoms with van der Waals surface area (Å²) in [5.41, 5.74) is 1.92. The first-order valence-corrected chi connectivity index (χ1v) is 8.35. The Labute approximate surface area is 140 Å². The maximum atomic E-state index is 4.68. The van der Waals surface area contributed by atoms with Crippen molar-refractivity contribution in [3.63, 3.8) is 0 Å². The molecule has 0 aliphatic carbocycles. The predicted octanol–water partition coefficient (Wildman–Crippen LogP) is 1.40. The number of aryl methyl sites for hydroxylation is 1. The number of anilines is 2. The molecule has 0 radical (unpaired) electrons. The molecule has 24 heavy (non-hydrogen) atoms. The Morgan fingerprint density at radius 3 is 2.42 bits per heavy atom. The Kier molecular flexibility index (Phi) is 2.95. The second kappa shape index (κ2) is 5.15. The molecule has 2 saturated heterocycles. The second-order valence-corrected chi connectivity index (χ2v) is 6.77. The van der Waals surface area contributed by atoms with Crippen LogP contribution in [0.2, 0.25) is 0 Å². The van der Waals surface area contributed by atoms with Gasteiger partial charge in [0.1, 0.15) is 18.0 Å². The molecule has 122 valence electrons. The monoisotopic (exact) mass is 321 g/mol. The molecule has 3 aromatic heterocycles. The molecular formula is C17H19N7. The number of imidazole rings is 1. The number of aromatic nitrogens is 5. The third-order valence-electron chi connectivity index (χ3n) is 5.16. The fourth-order valence-electron chi connectivity index (χ4n) is 3.95. The van der Waals surface area contributed by atoms with Gasteiger partial charge >= 0.3 is 0 Å². The highest BCUT2D eigenvalue weighted by molar-refractivity contribution is 5.48. The molecule has 2 aliphatic heterocycles. The standard InChI is InChI=1S/C17H19N7/c1-12-6-17(20-11-19-12)23-9-13-7-22(8-14(13)10-23)16-3-2-15-18-4-5-24(15)21-16/h2-6,11,13-14H,7-10H2,1H3. The number of hydrogen-bond donors (Lipinski definition) is 0. The third kappa shape index (κ3) is 2.19. The Bertz CT molecular complexity index is 875. The van der Waals surface area contributed by atoms with Crippen molar-refractivity contribution in [1.29, 1.82) is 0 Å². The zero-order valence-corrected chi connectivity index (χ0v) is 13.6. The lowest BCUT2D eigenvalue weighted by Gasteiger charge is -2.23. The van der Waals surface area contributed by atoms with Gasteiger partial charge in [-0.15, -0.1) is 5.10 Å². The summed E-state index contributed by atoms with van der Waals surface area (Å²) in [7, 11) is 0. The van der Waals surface area contributed by atoms with E-state index in [1.807, 2.05) is 23.7 Å². The van der Waals surface area contributed by atoms with Gasteiger partial charge in [0.25, 0.3) is 0 Å². The van der Waals surface area contributed by atoms with E-state index in [-0.39, 0.29) is 0 Å². The minimum atomic E-state index is 0.667. The molecule has 0 bridgehead atoms. The van der Waals surface area contributed by atoms with Crippen LogP contribution < -0.4 is 9.80 Å². The molecule has 2 atom stereocenters. The predicted molar refractivity (Wildman–Crippen MR) is 91.2 cm³/mol. The van der Waals surface area contributed by atoms with E-state index in [2.05, 4.69) is 42.0 Å². The molecule has 5 heterocycles. The van der Waals surface area contributed by atoms with Crippen LogP contribution in [0.5, 0.6) is 0 Å². The van der Waals surface area contributed by atoms with Crippen molar-refractivity contribution in [3.8, 4) is 0 Å². The van der Waals surface area contributed by atoms with Gasteiger partial charge in [-0.3, -0.25) is 0 Å². The average Bonchev–Trinajstić information content (AvgIpc) is 3.28. The molecule has 0 aromatic carbocycles. The van der Waals surface area contributed by atoms with Crippen molar-refractivity contribution in [2.45, 2.75) is 6.92 Å². The van der Waals surface area contributed by atoms with E-state index in [1.165, 1.54) is 0 Å². The summed E-state index contributed by atoms with van der Waals surface area (Å²) < 4.78 is 1.85. The van der Waals surface area contributed by atoms with Gasteiger partial charge in [-0.1, -0.05) is 0 Å². The number of hydrogen-bond acceptors (Lipinski definition) is 6. The molecule has 7 heteroatoms. The van der Waals surface area contributed by atoms with Crippen LogP contribution in [0.4, 0.5) is 11.6 Å². The quantitative estimate of drug-likeness (QED) is 0.711. The molecule has 3 aromatic rings. The summed E-state index contributed by atoms with van der Waals surface area (Å²) in [6.45, 7) is 6.24. The first-order chi connectivity index (χ1) is 11.8. The Hall–Kier alpha value is -2.70. The first-order valence-electron chi connectivity index (χ1n) is 8.35. The molecule has 0 saturated carbocycles. The van der Waals surface area contributed by atoms with Crippen molar-refractivity contribution >= 4 is 17.3 Å². The van der Waals surface area contributed by atoms with Crippen LogP contribution in [-0.4, -0.2) is 50.7 Å². The van der Waals surface area contributed by atoms with Gasteiger partial charge in [0.05, 0.1) is 0 Å². The minimum absolute atomic E-state index is 0.667. The highest BCUT2D eigenvalue weighted by atomic mass is 15.3. The summed E-state index contributed by atoms with van der Waals surface area (Å²) in [6.07, 6.45) is 5.34. The lowest BCUT2D eigenvalue weighted by molar-refractivity contribution is 0.533. The highest BCUT2D eigenvalue weighted by Crippen LogP contribution is 2.35. The lowest BCUT2D eigenvalue weighted by atomic mass is 10.0. The van der Waals surface area contributed by atoms with Crippen LogP contribution in [0.25, 0.3) is 5.65 Å². The molecule has 2 fully saturated rings. The molecule has 2 unspecified atom stereocenters. The topological polar surface area (TPSA) is 62.5 Å². The van der Waals surface area contributed by atoms with Crippen molar-refractivity contribution in [1.82, 2.24) is 24.6 Å². The second-order valence-electron chi connectivity index (χ2n) is 6.77. The van der Waals surface area contributed by atoms with E-state index >= 15 is 0 Å². The summed E-state index contributed by atoms with van der Waals surface area (Å²) in [6, 6.07) is 6.19. The molecule has 0 N–H and O–H groups in total.